The highest BCUT2D eigenvalue weighted by Gasteiger charge is 2.36. The van der Waals surface area contributed by atoms with Crippen molar-refractivity contribution in [3.63, 3.8) is 0 Å². The Kier molecular flexibility index (Phi) is 4.36. The van der Waals surface area contributed by atoms with Crippen molar-refractivity contribution >= 4 is 10.0 Å². The zero-order valence-corrected chi connectivity index (χ0v) is 13.0. The monoisotopic (exact) mass is 298 g/mol. The summed E-state index contributed by atoms with van der Waals surface area (Å²) in [7, 11) is -1.91. The summed E-state index contributed by atoms with van der Waals surface area (Å²) in [5.74, 6) is 1.02. The molecule has 0 aliphatic carbocycles. The maximum atomic E-state index is 12.7. The van der Waals surface area contributed by atoms with Gasteiger partial charge in [-0.15, -0.1) is 0 Å². The predicted molar refractivity (Wildman–Crippen MR) is 78.0 cm³/mol. The minimum absolute atomic E-state index is 0.0402. The molecule has 1 aromatic rings. The van der Waals surface area contributed by atoms with Gasteiger partial charge in [-0.1, -0.05) is 6.92 Å². The van der Waals surface area contributed by atoms with Gasteiger partial charge in [-0.25, -0.2) is 8.42 Å². The summed E-state index contributed by atoms with van der Waals surface area (Å²) in [5.41, 5.74) is 6.36. The van der Waals surface area contributed by atoms with Crippen molar-refractivity contribution in [1.82, 2.24) is 4.31 Å². The van der Waals surface area contributed by atoms with E-state index in [1.165, 1.54) is 0 Å². The number of hydrogen-bond acceptors (Lipinski definition) is 4. The van der Waals surface area contributed by atoms with E-state index in [0.717, 1.165) is 6.42 Å². The molecule has 6 heteroatoms. The average molecular weight is 298 g/mol. The van der Waals surface area contributed by atoms with E-state index in [2.05, 4.69) is 6.92 Å². The number of nitrogens with zero attached hydrogens (tertiary/aromatic N) is 1. The molecule has 2 unspecified atom stereocenters. The topological polar surface area (TPSA) is 72.6 Å². The fourth-order valence-corrected chi connectivity index (χ4v) is 4.62. The second kappa shape index (κ2) is 5.71. The predicted octanol–water partition coefficient (Wildman–Crippen LogP) is 1.57. The number of rotatable bonds is 4. The van der Waals surface area contributed by atoms with Gasteiger partial charge in [-0.05, 0) is 37.5 Å². The molecule has 0 amide bonds. The van der Waals surface area contributed by atoms with Crippen molar-refractivity contribution in [2.75, 3.05) is 13.7 Å². The van der Waals surface area contributed by atoms with Gasteiger partial charge < -0.3 is 10.5 Å². The molecule has 1 aliphatic rings. The van der Waals surface area contributed by atoms with E-state index in [0.29, 0.717) is 28.7 Å². The number of benzene rings is 1. The van der Waals surface area contributed by atoms with Crippen molar-refractivity contribution in [3.05, 3.63) is 23.8 Å². The van der Waals surface area contributed by atoms with E-state index in [4.69, 9.17) is 10.5 Å². The van der Waals surface area contributed by atoms with Gasteiger partial charge >= 0.3 is 0 Å². The largest absolute Gasteiger partial charge is 0.496 e. The Bertz CT molecular complexity index is 586. The summed E-state index contributed by atoms with van der Waals surface area (Å²) < 4.78 is 32.2. The zero-order valence-electron chi connectivity index (χ0n) is 12.2. The standard InChI is InChI=1S/C14H22N2O3S/c1-10-6-11(2)16(9-10)20(17,18)13-4-5-14(19-3)12(7-13)8-15/h4-5,7,10-11H,6,8-9,15H2,1-3H3. The molecule has 2 N–H and O–H groups in total. The molecular formula is C14H22N2O3S. The lowest BCUT2D eigenvalue weighted by Crippen LogP contribution is -2.34. The van der Waals surface area contributed by atoms with Gasteiger partial charge in [-0.3, -0.25) is 0 Å². The summed E-state index contributed by atoms with van der Waals surface area (Å²) in [5, 5.41) is 0. The van der Waals surface area contributed by atoms with Gasteiger partial charge in [0.25, 0.3) is 0 Å². The maximum Gasteiger partial charge on any atom is 0.243 e. The Morgan fingerprint density at radius 1 is 1.40 bits per heavy atom. The van der Waals surface area contributed by atoms with Crippen LogP contribution in [0, 0.1) is 5.92 Å². The lowest BCUT2D eigenvalue weighted by Gasteiger charge is -2.21. The van der Waals surface area contributed by atoms with E-state index < -0.39 is 10.0 Å². The molecule has 2 rings (SSSR count). The quantitative estimate of drug-likeness (QED) is 0.916. The highest BCUT2D eigenvalue weighted by atomic mass is 32.2. The number of methoxy groups -OCH3 is 1. The fourth-order valence-electron chi connectivity index (χ4n) is 2.81. The summed E-state index contributed by atoms with van der Waals surface area (Å²) in [6.07, 6.45) is 0.902. The lowest BCUT2D eigenvalue weighted by atomic mass is 10.1. The van der Waals surface area contributed by atoms with Crippen molar-refractivity contribution in [2.24, 2.45) is 11.7 Å². The van der Waals surface area contributed by atoms with Crippen molar-refractivity contribution < 1.29 is 13.2 Å². The van der Waals surface area contributed by atoms with E-state index in [9.17, 15) is 8.42 Å². The van der Waals surface area contributed by atoms with Crippen LogP contribution in [0.2, 0.25) is 0 Å². The second-order valence-electron chi connectivity index (χ2n) is 5.44. The Hall–Kier alpha value is -1.11. The van der Waals surface area contributed by atoms with Gasteiger partial charge in [-0.2, -0.15) is 4.31 Å². The summed E-state index contributed by atoms with van der Waals surface area (Å²) in [4.78, 5) is 0.291. The molecule has 5 nitrogen and oxygen atoms in total. The van der Waals surface area contributed by atoms with E-state index in [1.807, 2.05) is 6.92 Å². The molecule has 1 fully saturated rings. The minimum atomic E-state index is -3.46. The first-order valence-corrected chi connectivity index (χ1v) is 8.23. The zero-order chi connectivity index (χ0) is 14.9. The summed E-state index contributed by atoms with van der Waals surface area (Å²) >= 11 is 0. The molecular weight excluding hydrogens is 276 g/mol. The Balaban J connectivity index is 2.39. The van der Waals surface area contributed by atoms with Gasteiger partial charge in [0, 0.05) is 24.7 Å². The highest BCUT2D eigenvalue weighted by Crippen LogP contribution is 2.31. The normalized spacial score (nSPS) is 24.0. The van der Waals surface area contributed by atoms with Crippen molar-refractivity contribution in [1.29, 1.82) is 0 Å². The first-order valence-electron chi connectivity index (χ1n) is 6.79. The molecule has 112 valence electrons. The van der Waals surface area contributed by atoms with Crippen LogP contribution in [-0.2, 0) is 16.6 Å². The third-order valence-corrected chi connectivity index (χ3v) is 5.78. The van der Waals surface area contributed by atoms with Gasteiger partial charge in [0.15, 0.2) is 0 Å². The molecule has 1 aliphatic heterocycles. The van der Waals surface area contributed by atoms with Gasteiger partial charge in [0.05, 0.1) is 12.0 Å². The van der Waals surface area contributed by atoms with E-state index in [-0.39, 0.29) is 12.6 Å². The Morgan fingerprint density at radius 3 is 2.60 bits per heavy atom. The van der Waals surface area contributed by atoms with Crippen molar-refractivity contribution in [2.45, 2.75) is 37.8 Å². The minimum Gasteiger partial charge on any atom is -0.496 e. The number of ether oxygens (including phenoxy) is 1. The molecule has 0 bridgehead atoms. The second-order valence-corrected chi connectivity index (χ2v) is 7.33. The summed E-state index contributed by atoms with van der Waals surface area (Å²) in [6.45, 7) is 4.85. The Morgan fingerprint density at radius 2 is 2.10 bits per heavy atom. The number of sulfonamides is 1. The smallest absolute Gasteiger partial charge is 0.243 e. The molecule has 0 radical (unpaired) electrons. The van der Waals surface area contributed by atoms with E-state index in [1.54, 1.807) is 29.6 Å². The molecule has 0 saturated carbocycles. The SMILES string of the molecule is COc1ccc(S(=O)(=O)N2CC(C)CC2C)cc1CN. The number of hydrogen-bond donors (Lipinski definition) is 1. The lowest BCUT2D eigenvalue weighted by molar-refractivity contribution is 0.403. The van der Waals surface area contributed by atoms with Crippen LogP contribution in [-0.4, -0.2) is 32.4 Å². The van der Waals surface area contributed by atoms with E-state index >= 15 is 0 Å². The Labute approximate surface area is 120 Å². The van der Waals surface area contributed by atoms with Crippen molar-refractivity contribution in [3.8, 4) is 5.75 Å². The average Bonchev–Trinajstić information content (AvgIpc) is 2.77. The first kappa shape index (κ1) is 15.3. The van der Waals surface area contributed by atoms with Crippen LogP contribution in [0.25, 0.3) is 0 Å². The molecule has 1 heterocycles. The van der Waals surface area contributed by atoms with Crippen LogP contribution in [0.4, 0.5) is 0 Å². The molecule has 2 atom stereocenters. The fraction of sp³-hybridized carbons (Fsp3) is 0.571. The summed E-state index contributed by atoms with van der Waals surface area (Å²) in [6, 6.07) is 4.91. The van der Waals surface area contributed by atoms with Crippen LogP contribution >= 0.6 is 0 Å². The highest BCUT2D eigenvalue weighted by molar-refractivity contribution is 7.89. The van der Waals surface area contributed by atoms with Crippen LogP contribution in [0.3, 0.4) is 0 Å². The van der Waals surface area contributed by atoms with Gasteiger partial charge in [0.1, 0.15) is 5.75 Å². The number of nitrogens with two attached hydrogens (primary N) is 1. The third kappa shape index (κ3) is 2.68. The van der Waals surface area contributed by atoms with Crippen LogP contribution in [0.1, 0.15) is 25.8 Å². The third-order valence-electron chi connectivity index (χ3n) is 3.81. The maximum absolute atomic E-state index is 12.7. The molecule has 1 saturated heterocycles. The van der Waals surface area contributed by atoms with Crippen LogP contribution in [0.5, 0.6) is 5.75 Å². The molecule has 20 heavy (non-hydrogen) atoms. The van der Waals surface area contributed by atoms with Gasteiger partial charge in [0.2, 0.25) is 10.0 Å². The first-order chi connectivity index (χ1) is 9.40. The van der Waals surface area contributed by atoms with Crippen LogP contribution in [0.15, 0.2) is 23.1 Å². The molecule has 1 aromatic carbocycles. The van der Waals surface area contributed by atoms with Crippen LogP contribution < -0.4 is 10.5 Å². The molecule has 0 aromatic heterocycles. The molecule has 0 spiro atoms.